The Bertz CT molecular complexity index is 1120. The van der Waals surface area contributed by atoms with E-state index < -0.39 is 17.2 Å². The van der Waals surface area contributed by atoms with Crippen molar-refractivity contribution in [1.29, 1.82) is 0 Å². The number of hydrogen-bond acceptors (Lipinski definition) is 5. The van der Waals surface area contributed by atoms with Crippen LogP contribution in [0, 0.1) is 0 Å². The Morgan fingerprint density at radius 3 is 2.39 bits per heavy atom. The molecule has 0 spiro atoms. The molecule has 1 aliphatic heterocycles. The molecule has 0 radical (unpaired) electrons. The highest BCUT2D eigenvalue weighted by molar-refractivity contribution is 9.10. The molecule has 31 heavy (non-hydrogen) atoms. The van der Waals surface area contributed by atoms with Crippen LogP contribution in [0.2, 0.25) is 0 Å². The zero-order valence-electron chi connectivity index (χ0n) is 17.3. The SMILES string of the molecule is COc1cc(OC)c2c(c1)O[C@@]1(c3ccc(Br)cc3)[C@H](c3ccccc3)C[C@@H](N)[C@@]21O. The molecule has 1 fully saturated rings. The monoisotopic (exact) mass is 481 g/mol. The molecule has 4 atom stereocenters. The third-order valence-electron chi connectivity index (χ3n) is 6.71. The highest BCUT2D eigenvalue weighted by atomic mass is 79.9. The second-order valence-electron chi connectivity index (χ2n) is 8.12. The molecule has 0 saturated heterocycles. The first-order valence-corrected chi connectivity index (χ1v) is 11.0. The molecule has 2 aliphatic rings. The first-order chi connectivity index (χ1) is 15.0. The quantitative estimate of drug-likeness (QED) is 0.575. The molecule has 3 aromatic carbocycles. The molecule has 3 aromatic rings. The number of rotatable bonds is 4. The second-order valence-corrected chi connectivity index (χ2v) is 9.03. The highest BCUT2D eigenvalue weighted by Crippen LogP contribution is 2.68. The minimum atomic E-state index is -1.49. The van der Waals surface area contributed by atoms with E-state index in [0.29, 0.717) is 29.2 Å². The van der Waals surface area contributed by atoms with Crippen molar-refractivity contribution in [3.05, 3.63) is 87.9 Å². The lowest BCUT2D eigenvalue weighted by Crippen LogP contribution is -2.54. The Kier molecular flexibility index (Phi) is 4.77. The zero-order valence-corrected chi connectivity index (χ0v) is 18.9. The minimum Gasteiger partial charge on any atom is -0.496 e. The van der Waals surface area contributed by atoms with Crippen molar-refractivity contribution in [2.24, 2.45) is 5.73 Å². The van der Waals surface area contributed by atoms with Crippen LogP contribution in [-0.2, 0) is 11.2 Å². The van der Waals surface area contributed by atoms with E-state index in [0.717, 1.165) is 15.6 Å². The lowest BCUT2D eigenvalue weighted by molar-refractivity contribution is -0.113. The topological polar surface area (TPSA) is 73.9 Å². The van der Waals surface area contributed by atoms with Crippen LogP contribution in [0.4, 0.5) is 0 Å². The summed E-state index contributed by atoms with van der Waals surface area (Å²) in [7, 11) is 3.17. The van der Waals surface area contributed by atoms with E-state index in [2.05, 4.69) is 28.1 Å². The van der Waals surface area contributed by atoms with Gasteiger partial charge < -0.3 is 25.1 Å². The van der Waals surface area contributed by atoms with Crippen LogP contribution >= 0.6 is 15.9 Å². The first kappa shape index (κ1) is 20.4. The van der Waals surface area contributed by atoms with Gasteiger partial charge in [0.25, 0.3) is 0 Å². The number of fused-ring (bicyclic) bond motifs is 3. The summed E-state index contributed by atoms with van der Waals surface area (Å²) in [6.45, 7) is 0. The van der Waals surface area contributed by atoms with Gasteiger partial charge in [-0.25, -0.2) is 0 Å². The van der Waals surface area contributed by atoms with E-state index in [1.165, 1.54) is 0 Å². The van der Waals surface area contributed by atoms with Crippen LogP contribution in [-0.4, -0.2) is 25.4 Å². The molecule has 3 N–H and O–H groups in total. The van der Waals surface area contributed by atoms with Gasteiger partial charge in [0, 0.05) is 28.6 Å². The summed E-state index contributed by atoms with van der Waals surface area (Å²) in [6, 6.07) is 21.0. The maximum absolute atomic E-state index is 12.4. The smallest absolute Gasteiger partial charge is 0.175 e. The molecule has 5 rings (SSSR count). The summed E-state index contributed by atoms with van der Waals surface area (Å²) in [5, 5.41) is 12.4. The maximum atomic E-state index is 12.4. The Morgan fingerprint density at radius 1 is 1.03 bits per heavy atom. The molecule has 6 heteroatoms. The summed E-state index contributed by atoms with van der Waals surface area (Å²) in [4.78, 5) is 0. The van der Waals surface area contributed by atoms with Crippen molar-refractivity contribution < 1.29 is 19.3 Å². The minimum absolute atomic E-state index is 0.169. The highest BCUT2D eigenvalue weighted by Gasteiger charge is 2.72. The van der Waals surface area contributed by atoms with E-state index in [9.17, 15) is 5.11 Å². The summed E-state index contributed by atoms with van der Waals surface area (Å²) < 4.78 is 18.8. The van der Waals surface area contributed by atoms with Crippen molar-refractivity contribution in [2.75, 3.05) is 14.2 Å². The Hall–Kier alpha value is -2.54. The third kappa shape index (κ3) is 2.68. The number of hydrogen-bond donors (Lipinski definition) is 2. The van der Waals surface area contributed by atoms with E-state index in [4.69, 9.17) is 19.9 Å². The fraction of sp³-hybridized carbons (Fsp3) is 0.280. The van der Waals surface area contributed by atoms with Gasteiger partial charge >= 0.3 is 0 Å². The van der Waals surface area contributed by atoms with Crippen LogP contribution < -0.4 is 19.9 Å². The van der Waals surface area contributed by atoms with Crippen molar-refractivity contribution in [2.45, 2.75) is 29.6 Å². The van der Waals surface area contributed by atoms with Gasteiger partial charge in [-0.05, 0) is 29.7 Å². The van der Waals surface area contributed by atoms with Gasteiger partial charge in [0.05, 0.1) is 19.8 Å². The van der Waals surface area contributed by atoms with Crippen LogP contribution in [0.15, 0.2) is 71.2 Å². The number of benzene rings is 3. The normalized spacial score (nSPS) is 28.5. The van der Waals surface area contributed by atoms with E-state index in [-0.39, 0.29) is 5.92 Å². The number of nitrogens with two attached hydrogens (primary N) is 1. The standard InChI is InChI=1S/C25H24BrNO4/c1-29-18-12-20(30-2)23-21(13-18)31-25(16-8-10-17(26)11-9-16)19(14-22(27)24(23,25)28)15-6-4-3-5-7-15/h3-13,19,22,28H,14,27H2,1-2H3/t19-,22+,24+,25-/m0/s1. The molecule has 0 aromatic heterocycles. The lowest BCUT2D eigenvalue weighted by Gasteiger charge is -2.41. The van der Waals surface area contributed by atoms with E-state index >= 15 is 0 Å². The Labute approximate surface area is 189 Å². The van der Waals surface area contributed by atoms with Crippen LogP contribution in [0.1, 0.15) is 29.0 Å². The van der Waals surface area contributed by atoms with E-state index in [1.807, 2.05) is 42.5 Å². The molecule has 1 heterocycles. The second kappa shape index (κ2) is 7.26. The summed E-state index contributed by atoms with van der Waals surface area (Å²) >= 11 is 3.52. The molecule has 1 aliphatic carbocycles. The fourth-order valence-electron chi connectivity index (χ4n) is 5.36. The van der Waals surface area contributed by atoms with Crippen molar-refractivity contribution in [3.63, 3.8) is 0 Å². The third-order valence-corrected chi connectivity index (χ3v) is 7.23. The van der Waals surface area contributed by atoms with Gasteiger partial charge in [0.2, 0.25) is 0 Å². The van der Waals surface area contributed by atoms with Gasteiger partial charge in [-0.15, -0.1) is 0 Å². The lowest BCUT2D eigenvalue weighted by atomic mass is 9.71. The molecule has 0 unspecified atom stereocenters. The van der Waals surface area contributed by atoms with Gasteiger partial charge in [0.1, 0.15) is 17.2 Å². The Balaban J connectivity index is 1.82. The molecule has 0 amide bonds. The van der Waals surface area contributed by atoms with Crippen LogP contribution in [0.5, 0.6) is 17.2 Å². The number of halogens is 1. The summed E-state index contributed by atoms with van der Waals surface area (Å²) in [6.07, 6.45) is 0.561. The molecular weight excluding hydrogens is 458 g/mol. The first-order valence-electron chi connectivity index (χ1n) is 10.2. The average Bonchev–Trinajstić information content (AvgIpc) is 3.19. The molecule has 160 valence electrons. The average molecular weight is 482 g/mol. The Morgan fingerprint density at radius 2 is 1.74 bits per heavy atom. The van der Waals surface area contributed by atoms with Gasteiger partial charge in [-0.3, -0.25) is 0 Å². The van der Waals surface area contributed by atoms with Crippen molar-refractivity contribution in [1.82, 2.24) is 0 Å². The summed E-state index contributed by atoms with van der Waals surface area (Å²) in [5.41, 5.74) is 6.61. The van der Waals surface area contributed by atoms with Gasteiger partial charge in [0.15, 0.2) is 11.2 Å². The summed E-state index contributed by atoms with van der Waals surface area (Å²) in [5.74, 6) is 1.45. The maximum Gasteiger partial charge on any atom is 0.175 e. The van der Waals surface area contributed by atoms with Crippen molar-refractivity contribution >= 4 is 15.9 Å². The number of ether oxygens (including phenoxy) is 3. The van der Waals surface area contributed by atoms with Gasteiger partial charge in [-0.2, -0.15) is 0 Å². The number of aliphatic hydroxyl groups is 1. The fourth-order valence-corrected chi connectivity index (χ4v) is 5.62. The molecule has 0 bridgehead atoms. The zero-order chi connectivity index (χ0) is 21.8. The largest absolute Gasteiger partial charge is 0.496 e. The molecule has 5 nitrogen and oxygen atoms in total. The van der Waals surface area contributed by atoms with Crippen molar-refractivity contribution in [3.8, 4) is 17.2 Å². The predicted molar refractivity (Wildman–Crippen MR) is 122 cm³/mol. The molecular formula is C25H24BrNO4. The van der Waals surface area contributed by atoms with Crippen LogP contribution in [0.25, 0.3) is 0 Å². The van der Waals surface area contributed by atoms with Crippen LogP contribution in [0.3, 0.4) is 0 Å². The van der Waals surface area contributed by atoms with Gasteiger partial charge in [-0.1, -0.05) is 58.4 Å². The predicted octanol–water partition coefficient (Wildman–Crippen LogP) is 4.46. The number of methoxy groups -OCH3 is 2. The van der Waals surface area contributed by atoms with E-state index in [1.54, 1.807) is 26.4 Å². The molecule has 1 saturated carbocycles.